The summed E-state index contributed by atoms with van der Waals surface area (Å²) in [4.78, 5) is 35.0. The molecular formula is C18H26O6. The van der Waals surface area contributed by atoms with Crippen LogP contribution >= 0.6 is 0 Å². The number of allylic oxidation sites excluding steroid dienone is 1. The Labute approximate surface area is 143 Å². The van der Waals surface area contributed by atoms with Gasteiger partial charge < -0.3 is 14.2 Å². The molecule has 0 aromatic rings. The van der Waals surface area contributed by atoms with Crippen LogP contribution in [0, 0.1) is 0 Å². The van der Waals surface area contributed by atoms with E-state index in [2.05, 4.69) is 17.9 Å². The Balaban J connectivity index is 4.75. The zero-order valence-corrected chi connectivity index (χ0v) is 14.9. The zero-order valence-electron chi connectivity index (χ0n) is 14.9. The van der Waals surface area contributed by atoms with Crippen LogP contribution in [-0.2, 0) is 28.6 Å². The van der Waals surface area contributed by atoms with Crippen LogP contribution in [0.4, 0.5) is 0 Å². The van der Waals surface area contributed by atoms with Gasteiger partial charge in [0.05, 0.1) is 19.3 Å². The molecule has 0 saturated heterocycles. The van der Waals surface area contributed by atoms with Crippen molar-refractivity contribution in [1.82, 2.24) is 0 Å². The van der Waals surface area contributed by atoms with Gasteiger partial charge in [0.2, 0.25) is 0 Å². The molecule has 0 rings (SSSR count). The normalized spacial score (nSPS) is 11.2. The summed E-state index contributed by atoms with van der Waals surface area (Å²) in [5, 5.41) is 0. The maximum absolute atomic E-state index is 12.1. The second-order valence-corrected chi connectivity index (χ2v) is 5.30. The highest BCUT2D eigenvalue weighted by Crippen LogP contribution is 2.18. The van der Waals surface area contributed by atoms with Crippen LogP contribution < -0.4 is 0 Å². The van der Waals surface area contributed by atoms with Gasteiger partial charge in [-0.3, -0.25) is 0 Å². The lowest BCUT2D eigenvalue weighted by Gasteiger charge is -2.13. The van der Waals surface area contributed by atoms with Crippen LogP contribution in [0.1, 0.15) is 46.5 Å². The van der Waals surface area contributed by atoms with E-state index in [1.807, 2.05) is 6.92 Å². The lowest BCUT2D eigenvalue weighted by atomic mass is 10.1. The highest BCUT2D eigenvalue weighted by molar-refractivity contribution is 5.91. The number of hydrogen-bond acceptors (Lipinski definition) is 6. The third-order valence-electron chi connectivity index (χ3n) is 3.16. The van der Waals surface area contributed by atoms with Crippen LogP contribution in [0.5, 0.6) is 0 Å². The molecule has 0 unspecified atom stereocenters. The van der Waals surface area contributed by atoms with Crippen molar-refractivity contribution >= 4 is 17.9 Å². The Hall–Kier alpha value is -2.37. The van der Waals surface area contributed by atoms with E-state index >= 15 is 0 Å². The average molecular weight is 338 g/mol. The number of carbonyl (C=O) groups excluding carboxylic acids is 3. The number of esters is 3. The molecule has 0 amide bonds. The minimum Gasteiger partial charge on any atom is -0.466 e. The molecule has 0 heterocycles. The highest BCUT2D eigenvalue weighted by Gasteiger charge is 2.18. The minimum atomic E-state index is -0.657. The van der Waals surface area contributed by atoms with E-state index in [0.717, 1.165) is 12.8 Å². The number of rotatable bonds is 10. The first kappa shape index (κ1) is 21.6. The van der Waals surface area contributed by atoms with Crippen molar-refractivity contribution in [3.8, 4) is 0 Å². The van der Waals surface area contributed by atoms with Crippen LogP contribution in [0.25, 0.3) is 0 Å². The molecule has 24 heavy (non-hydrogen) atoms. The Morgan fingerprint density at radius 1 is 0.958 bits per heavy atom. The molecule has 6 nitrogen and oxygen atoms in total. The van der Waals surface area contributed by atoms with E-state index < -0.39 is 17.9 Å². The molecule has 134 valence electrons. The molecule has 0 aromatic carbocycles. The van der Waals surface area contributed by atoms with E-state index in [1.54, 1.807) is 6.92 Å². The van der Waals surface area contributed by atoms with E-state index in [1.165, 1.54) is 14.0 Å². The fourth-order valence-corrected chi connectivity index (χ4v) is 1.60. The zero-order chi connectivity index (χ0) is 18.7. The van der Waals surface area contributed by atoms with E-state index in [9.17, 15) is 14.4 Å². The van der Waals surface area contributed by atoms with Gasteiger partial charge in [-0.15, -0.1) is 0 Å². The van der Waals surface area contributed by atoms with Crippen molar-refractivity contribution in [1.29, 1.82) is 0 Å². The Kier molecular flexibility index (Phi) is 10.1. The van der Waals surface area contributed by atoms with E-state index in [4.69, 9.17) is 9.47 Å². The van der Waals surface area contributed by atoms with Crippen LogP contribution in [0.3, 0.4) is 0 Å². The predicted octanol–water partition coefficient (Wildman–Crippen LogP) is 3.23. The molecular weight excluding hydrogens is 312 g/mol. The molecule has 0 aliphatic carbocycles. The van der Waals surface area contributed by atoms with Crippen molar-refractivity contribution in [2.45, 2.75) is 46.5 Å². The molecule has 0 radical (unpaired) electrons. The van der Waals surface area contributed by atoms with Crippen molar-refractivity contribution < 1.29 is 28.6 Å². The number of carbonyl (C=O) groups is 3. The summed E-state index contributed by atoms with van der Waals surface area (Å²) in [6.07, 6.45) is 2.23. The van der Waals surface area contributed by atoms with Crippen LogP contribution in [0.15, 0.2) is 35.6 Å². The smallest absolute Gasteiger partial charge is 0.338 e. The molecule has 0 fully saturated rings. The second kappa shape index (κ2) is 11.2. The molecule has 0 aromatic heterocycles. The van der Waals surface area contributed by atoms with Gasteiger partial charge in [-0.2, -0.15) is 0 Å². The first-order chi connectivity index (χ1) is 11.2. The Bertz CT molecular complexity index is 542. The number of hydrogen-bond donors (Lipinski definition) is 0. The molecule has 0 atom stereocenters. The summed E-state index contributed by atoms with van der Waals surface area (Å²) in [6, 6.07) is 0. The largest absolute Gasteiger partial charge is 0.466 e. The van der Waals surface area contributed by atoms with Gasteiger partial charge >= 0.3 is 17.9 Å². The molecule has 0 bridgehead atoms. The molecule has 0 saturated carbocycles. The SMILES string of the molecule is C=C(C)C(=O)OCCC(=C)C(=O)OC(CCCC)=C(C)C(=O)OC. The molecule has 0 N–H and O–H groups in total. The molecule has 6 heteroatoms. The summed E-state index contributed by atoms with van der Waals surface area (Å²) < 4.78 is 14.8. The van der Waals surface area contributed by atoms with Crippen molar-refractivity contribution in [3.05, 3.63) is 35.6 Å². The van der Waals surface area contributed by atoms with Crippen LogP contribution in [-0.4, -0.2) is 31.6 Å². The highest BCUT2D eigenvalue weighted by atomic mass is 16.5. The molecule has 0 aliphatic heterocycles. The summed E-state index contributed by atoms with van der Waals surface area (Å²) in [5.74, 6) is -1.46. The maximum Gasteiger partial charge on any atom is 0.338 e. The third kappa shape index (κ3) is 7.76. The lowest BCUT2D eigenvalue weighted by Crippen LogP contribution is -2.14. The van der Waals surface area contributed by atoms with Gasteiger partial charge in [-0.05, 0) is 20.3 Å². The van der Waals surface area contributed by atoms with Crippen molar-refractivity contribution in [2.24, 2.45) is 0 Å². The minimum absolute atomic E-state index is 0.00359. The Morgan fingerprint density at radius 3 is 2.08 bits per heavy atom. The van der Waals surface area contributed by atoms with Gasteiger partial charge in [-0.25, -0.2) is 14.4 Å². The summed E-state index contributed by atoms with van der Waals surface area (Å²) in [5.41, 5.74) is 0.679. The van der Waals surface area contributed by atoms with Gasteiger partial charge in [0.15, 0.2) is 0 Å². The monoisotopic (exact) mass is 338 g/mol. The summed E-state index contributed by atoms with van der Waals surface area (Å²) in [7, 11) is 1.26. The van der Waals surface area contributed by atoms with Gasteiger partial charge in [0.25, 0.3) is 0 Å². The van der Waals surface area contributed by atoms with Crippen LogP contribution in [0.2, 0.25) is 0 Å². The number of unbranched alkanes of at least 4 members (excludes halogenated alkanes) is 1. The Morgan fingerprint density at radius 2 is 1.58 bits per heavy atom. The number of ether oxygens (including phenoxy) is 3. The lowest BCUT2D eigenvalue weighted by molar-refractivity contribution is -0.141. The number of methoxy groups -OCH3 is 1. The fourth-order valence-electron chi connectivity index (χ4n) is 1.60. The van der Waals surface area contributed by atoms with Gasteiger partial charge in [0, 0.05) is 24.0 Å². The van der Waals surface area contributed by atoms with Crippen molar-refractivity contribution in [2.75, 3.05) is 13.7 Å². The topological polar surface area (TPSA) is 78.9 Å². The van der Waals surface area contributed by atoms with Gasteiger partial charge in [-0.1, -0.05) is 26.5 Å². The predicted molar refractivity (Wildman–Crippen MR) is 89.9 cm³/mol. The van der Waals surface area contributed by atoms with Crippen molar-refractivity contribution in [3.63, 3.8) is 0 Å². The quantitative estimate of drug-likeness (QED) is 0.263. The average Bonchev–Trinajstić information content (AvgIpc) is 2.56. The standard InChI is InChI=1S/C18H26O6/c1-7-8-9-15(14(5)18(21)22-6)24-17(20)13(4)10-11-23-16(19)12(2)3/h2,4,7-11H2,1,3,5-6H3. The molecule has 0 aliphatic rings. The summed E-state index contributed by atoms with van der Waals surface area (Å²) in [6.45, 7) is 12.2. The third-order valence-corrected chi connectivity index (χ3v) is 3.16. The fraction of sp³-hybridized carbons (Fsp3) is 0.500. The first-order valence-electron chi connectivity index (χ1n) is 7.75. The molecule has 0 spiro atoms. The van der Waals surface area contributed by atoms with E-state index in [-0.39, 0.29) is 35.5 Å². The van der Waals surface area contributed by atoms with Gasteiger partial charge in [0.1, 0.15) is 5.76 Å². The summed E-state index contributed by atoms with van der Waals surface area (Å²) >= 11 is 0. The first-order valence-corrected chi connectivity index (χ1v) is 7.75. The maximum atomic E-state index is 12.1. The second-order valence-electron chi connectivity index (χ2n) is 5.30. The van der Waals surface area contributed by atoms with E-state index in [0.29, 0.717) is 6.42 Å².